The standard InChI is InChI=1S/C13H17BrO2/c1-8(2)13(3)7-11(15)10-6-9(14)4-5-12(10)16-13/h4-6,8,11,15H,7H2,1-3H3. The summed E-state index contributed by atoms with van der Waals surface area (Å²) < 4.78 is 7.00. The molecule has 0 saturated heterocycles. The van der Waals surface area contributed by atoms with Crippen LogP contribution in [0, 0.1) is 5.92 Å². The molecule has 2 nitrogen and oxygen atoms in total. The zero-order chi connectivity index (χ0) is 11.9. The first-order valence-electron chi connectivity index (χ1n) is 5.59. The molecule has 1 aromatic carbocycles. The van der Waals surface area contributed by atoms with Crippen LogP contribution in [0.2, 0.25) is 0 Å². The maximum atomic E-state index is 10.2. The normalized spacial score (nSPS) is 28.8. The van der Waals surface area contributed by atoms with Gasteiger partial charge in [0, 0.05) is 16.5 Å². The van der Waals surface area contributed by atoms with E-state index in [9.17, 15) is 5.11 Å². The third-order valence-corrected chi connectivity index (χ3v) is 3.99. The average molecular weight is 285 g/mol. The van der Waals surface area contributed by atoms with Gasteiger partial charge in [0.25, 0.3) is 0 Å². The summed E-state index contributed by atoms with van der Waals surface area (Å²) in [6.45, 7) is 6.30. The monoisotopic (exact) mass is 284 g/mol. The van der Waals surface area contributed by atoms with Gasteiger partial charge in [-0.15, -0.1) is 0 Å². The van der Waals surface area contributed by atoms with E-state index in [4.69, 9.17) is 4.74 Å². The minimum atomic E-state index is -0.436. The van der Waals surface area contributed by atoms with Crippen molar-refractivity contribution in [2.75, 3.05) is 0 Å². The average Bonchev–Trinajstić information content (AvgIpc) is 2.19. The number of fused-ring (bicyclic) bond motifs is 1. The Kier molecular flexibility index (Phi) is 3.01. The molecule has 0 saturated carbocycles. The number of aliphatic hydroxyl groups is 1. The highest BCUT2D eigenvalue weighted by Crippen LogP contribution is 2.43. The fraction of sp³-hybridized carbons (Fsp3) is 0.538. The number of hydrogen-bond donors (Lipinski definition) is 1. The van der Waals surface area contributed by atoms with Gasteiger partial charge in [0.15, 0.2) is 0 Å². The number of benzene rings is 1. The van der Waals surface area contributed by atoms with E-state index >= 15 is 0 Å². The van der Waals surface area contributed by atoms with Crippen LogP contribution in [0.3, 0.4) is 0 Å². The van der Waals surface area contributed by atoms with Crippen LogP contribution in [0.4, 0.5) is 0 Å². The molecule has 2 rings (SSSR count). The molecule has 0 aromatic heterocycles. The van der Waals surface area contributed by atoms with Crippen molar-refractivity contribution in [2.45, 2.75) is 38.9 Å². The summed E-state index contributed by atoms with van der Waals surface area (Å²) >= 11 is 3.41. The van der Waals surface area contributed by atoms with Crippen LogP contribution in [-0.4, -0.2) is 10.7 Å². The zero-order valence-electron chi connectivity index (χ0n) is 9.83. The second kappa shape index (κ2) is 4.04. The summed E-state index contributed by atoms with van der Waals surface area (Å²) in [5.74, 6) is 1.18. The Morgan fingerprint density at radius 3 is 2.81 bits per heavy atom. The maximum Gasteiger partial charge on any atom is 0.126 e. The number of aliphatic hydroxyl groups excluding tert-OH is 1. The number of hydrogen-bond acceptors (Lipinski definition) is 2. The summed E-state index contributed by atoms with van der Waals surface area (Å²) in [7, 11) is 0. The van der Waals surface area contributed by atoms with Gasteiger partial charge in [-0.1, -0.05) is 29.8 Å². The summed E-state index contributed by atoms with van der Waals surface area (Å²) in [6, 6.07) is 5.79. The van der Waals surface area contributed by atoms with E-state index < -0.39 is 6.10 Å². The molecule has 0 amide bonds. The third-order valence-electron chi connectivity index (χ3n) is 3.49. The SMILES string of the molecule is CC(C)C1(C)CC(O)c2cc(Br)ccc2O1. The number of rotatable bonds is 1. The lowest BCUT2D eigenvalue weighted by atomic mass is 9.82. The van der Waals surface area contributed by atoms with E-state index in [0.29, 0.717) is 12.3 Å². The van der Waals surface area contributed by atoms with Gasteiger partial charge < -0.3 is 9.84 Å². The zero-order valence-corrected chi connectivity index (χ0v) is 11.4. The lowest BCUT2D eigenvalue weighted by Crippen LogP contribution is -2.42. The van der Waals surface area contributed by atoms with Gasteiger partial charge in [-0.25, -0.2) is 0 Å². The van der Waals surface area contributed by atoms with Crippen molar-refractivity contribution in [1.82, 2.24) is 0 Å². The first-order chi connectivity index (χ1) is 7.42. The molecule has 0 bridgehead atoms. The van der Waals surface area contributed by atoms with Gasteiger partial charge in [-0.3, -0.25) is 0 Å². The Labute approximate surface area is 105 Å². The van der Waals surface area contributed by atoms with E-state index in [1.54, 1.807) is 0 Å². The summed E-state index contributed by atoms with van der Waals surface area (Å²) in [5.41, 5.74) is 0.604. The van der Waals surface area contributed by atoms with Crippen LogP contribution >= 0.6 is 15.9 Å². The fourth-order valence-corrected chi connectivity index (χ4v) is 2.39. The Balaban J connectivity index is 2.40. The summed E-state index contributed by atoms with van der Waals surface area (Å²) in [4.78, 5) is 0. The van der Waals surface area contributed by atoms with Crippen LogP contribution in [-0.2, 0) is 0 Å². The Bertz CT molecular complexity index is 403. The van der Waals surface area contributed by atoms with Crippen molar-refractivity contribution in [3.8, 4) is 5.75 Å². The molecule has 0 spiro atoms. The van der Waals surface area contributed by atoms with Crippen molar-refractivity contribution in [2.24, 2.45) is 5.92 Å². The molecule has 1 aliphatic heterocycles. The van der Waals surface area contributed by atoms with Crippen LogP contribution in [0.1, 0.15) is 38.9 Å². The number of halogens is 1. The van der Waals surface area contributed by atoms with Gasteiger partial charge >= 0.3 is 0 Å². The largest absolute Gasteiger partial charge is 0.487 e. The molecule has 2 atom stereocenters. The molecule has 1 heterocycles. The van der Waals surface area contributed by atoms with Crippen LogP contribution in [0.15, 0.2) is 22.7 Å². The molecular formula is C13H17BrO2. The predicted molar refractivity (Wildman–Crippen MR) is 67.6 cm³/mol. The van der Waals surface area contributed by atoms with Gasteiger partial charge in [-0.2, -0.15) is 0 Å². The highest BCUT2D eigenvalue weighted by Gasteiger charge is 2.38. The van der Waals surface area contributed by atoms with Crippen molar-refractivity contribution < 1.29 is 9.84 Å². The van der Waals surface area contributed by atoms with Crippen LogP contribution in [0.5, 0.6) is 5.75 Å². The van der Waals surface area contributed by atoms with E-state index in [1.165, 1.54) is 0 Å². The lowest BCUT2D eigenvalue weighted by Gasteiger charge is -2.41. The summed E-state index contributed by atoms with van der Waals surface area (Å²) in [5, 5.41) is 10.2. The topological polar surface area (TPSA) is 29.5 Å². The van der Waals surface area contributed by atoms with Crippen molar-refractivity contribution in [3.63, 3.8) is 0 Å². The van der Waals surface area contributed by atoms with Gasteiger partial charge in [0.05, 0.1) is 6.10 Å². The molecule has 0 aliphatic carbocycles. The first-order valence-corrected chi connectivity index (χ1v) is 6.38. The Morgan fingerprint density at radius 1 is 1.50 bits per heavy atom. The molecule has 1 aromatic rings. The van der Waals surface area contributed by atoms with Crippen LogP contribution < -0.4 is 4.74 Å². The third kappa shape index (κ3) is 1.98. The lowest BCUT2D eigenvalue weighted by molar-refractivity contribution is -0.0322. The Hall–Kier alpha value is -0.540. The highest BCUT2D eigenvalue weighted by atomic mass is 79.9. The molecule has 3 heteroatoms. The predicted octanol–water partition coefficient (Wildman–Crippen LogP) is 3.68. The maximum absolute atomic E-state index is 10.2. The van der Waals surface area contributed by atoms with E-state index in [-0.39, 0.29) is 5.60 Å². The molecule has 0 radical (unpaired) electrons. The van der Waals surface area contributed by atoms with Crippen LogP contribution in [0.25, 0.3) is 0 Å². The van der Waals surface area contributed by atoms with E-state index in [2.05, 4.69) is 36.7 Å². The minimum Gasteiger partial charge on any atom is -0.487 e. The molecule has 1 aliphatic rings. The Morgan fingerprint density at radius 2 is 2.19 bits per heavy atom. The molecule has 2 unspecified atom stereocenters. The second-order valence-electron chi connectivity index (χ2n) is 4.97. The van der Waals surface area contributed by atoms with Crippen molar-refractivity contribution in [1.29, 1.82) is 0 Å². The molecular weight excluding hydrogens is 268 g/mol. The van der Waals surface area contributed by atoms with E-state index in [0.717, 1.165) is 15.8 Å². The summed E-state index contributed by atoms with van der Waals surface area (Å²) in [6.07, 6.45) is 0.211. The molecule has 16 heavy (non-hydrogen) atoms. The van der Waals surface area contributed by atoms with Gasteiger partial charge in [0.2, 0.25) is 0 Å². The van der Waals surface area contributed by atoms with Gasteiger partial charge in [0.1, 0.15) is 11.4 Å². The molecule has 88 valence electrons. The quantitative estimate of drug-likeness (QED) is 0.853. The first kappa shape index (κ1) is 11.9. The van der Waals surface area contributed by atoms with Gasteiger partial charge in [-0.05, 0) is 31.0 Å². The highest BCUT2D eigenvalue weighted by molar-refractivity contribution is 9.10. The minimum absolute atomic E-state index is 0.278. The fourth-order valence-electron chi connectivity index (χ4n) is 2.01. The smallest absolute Gasteiger partial charge is 0.126 e. The van der Waals surface area contributed by atoms with Crippen molar-refractivity contribution in [3.05, 3.63) is 28.2 Å². The van der Waals surface area contributed by atoms with E-state index in [1.807, 2.05) is 18.2 Å². The molecule has 0 fully saturated rings. The second-order valence-corrected chi connectivity index (χ2v) is 5.89. The van der Waals surface area contributed by atoms with Crippen molar-refractivity contribution >= 4 is 15.9 Å². The number of ether oxygens (including phenoxy) is 1. The molecule has 1 N–H and O–H groups in total.